The van der Waals surface area contributed by atoms with Crippen LogP contribution in [-0.2, 0) is 39.7 Å². The molecule has 6 aliphatic heterocycles. The third-order valence-electron chi connectivity index (χ3n) is 16.6. The van der Waals surface area contributed by atoms with E-state index in [9.17, 15) is 19.8 Å². The van der Waals surface area contributed by atoms with Crippen LogP contribution >= 0.6 is 0 Å². The van der Waals surface area contributed by atoms with E-state index < -0.39 is 88.5 Å². The van der Waals surface area contributed by atoms with Crippen LogP contribution in [0, 0.1) is 23.7 Å². The summed E-state index contributed by atoms with van der Waals surface area (Å²) in [7, 11) is 1.32. The molecule has 0 amide bonds. The molecule has 6 heterocycles. The number of aliphatic imine (C=N–C) groups is 1. The van der Waals surface area contributed by atoms with E-state index in [2.05, 4.69) is 26.0 Å². The fraction of sp³-hybridized carbons (Fsp3) is 0.544. The molecule has 2 N–H and O–H groups in total. The van der Waals surface area contributed by atoms with E-state index in [1.54, 1.807) is 26.8 Å². The third kappa shape index (κ3) is 6.94. The zero-order valence-electron chi connectivity index (χ0n) is 42.5. The summed E-state index contributed by atoms with van der Waals surface area (Å²) in [6.07, 6.45) is 5.89. The minimum absolute atomic E-state index is 0.0276. The standard InChI is InChI=1S/C57H65NO13/c1-27(2)15-14-22-55(10)23-21-33-46(69-55)32(19-18-28(3)4)48-39(47(33)67-52-45(61)44(60)49-35(66-52)26-65-54(8,9)68-49)42-40-37(38-41(58-42)30-16-12-13-17-31(30)43(38)59)34-25-36-53(6,7)71-56(50(34)62,57(36,40)70-48)24-20-29(5)51(63)64-11/h12-13,15-18,20-21,23,34-38,44-45,49,52,60-61H,14,19,22,24-26H2,1-11H3/t34?,35-,36?,37?,38?,44-,45-,49-,52+,55?,56?,57?/m1/s1. The van der Waals surface area contributed by atoms with Crippen molar-refractivity contribution < 1.29 is 62.5 Å². The van der Waals surface area contributed by atoms with Crippen LogP contribution in [0.15, 0.2) is 75.9 Å². The molecule has 0 aromatic heterocycles. The van der Waals surface area contributed by atoms with Gasteiger partial charge in [0.1, 0.15) is 47.3 Å². The van der Waals surface area contributed by atoms with Crippen molar-refractivity contribution in [1.82, 2.24) is 0 Å². The third-order valence-corrected chi connectivity index (χ3v) is 16.6. The number of esters is 1. The van der Waals surface area contributed by atoms with Crippen LogP contribution < -0.4 is 14.2 Å². The molecular weight excluding hydrogens is 907 g/mol. The zero-order valence-corrected chi connectivity index (χ0v) is 42.5. The Morgan fingerprint density at radius 3 is 2.38 bits per heavy atom. The molecular formula is C57H65NO13. The van der Waals surface area contributed by atoms with Gasteiger partial charge < -0.3 is 48.1 Å². The molecule has 3 saturated heterocycles. The number of carbonyl (C=O) groups is 3. The average Bonchev–Trinajstić information content (AvgIpc) is 3.68. The Labute approximate surface area is 414 Å². The summed E-state index contributed by atoms with van der Waals surface area (Å²) in [4.78, 5) is 49.6. The van der Waals surface area contributed by atoms with Crippen molar-refractivity contribution in [2.45, 2.75) is 160 Å². The molecule has 0 radical (unpaired) electrons. The summed E-state index contributed by atoms with van der Waals surface area (Å²) in [5.41, 5.74) is 2.14. The summed E-state index contributed by atoms with van der Waals surface area (Å²) < 4.78 is 53.4. The molecule has 12 atom stereocenters. The number of rotatable bonds is 10. The fourth-order valence-corrected chi connectivity index (χ4v) is 13.3. The zero-order chi connectivity index (χ0) is 50.5. The highest BCUT2D eigenvalue weighted by atomic mass is 16.8. The van der Waals surface area contributed by atoms with Gasteiger partial charge in [-0.1, -0.05) is 53.6 Å². The lowest BCUT2D eigenvalue weighted by atomic mass is 9.43. The van der Waals surface area contributed by atoms with Crippen LogP contribution in [0.1, 0.15) is 128 Å². The second kappa shape index (κ2) is 16.4. The van der Waals surface area contributed by atoms with E-state index in [1.807, 2.05) is 71.0 Å². The molecule has 71 heavy (non-hydrogen) atoms. The molecule has 14 heteroatoms. The predicted octanol–water partition coefficient (Wildman–Crippen LogP) is 8.13. The molecule has 12 rings (SSSR count). The van der Waals surface area contributed by atoms with Crippen molar-refractivity contribution in [3.63, 3.8) is 0 Å². The molecule has 1 spiro atoms. The first-order valence-electron chi connectivity index (χ1n) is 25.1. The lowest BCUT2D eigenvalue weighted by Gasteiger charge is -2.62. The number of fused-ring (bicyclic) bond motifs is 7. The summed E-state index contributed by atoms with van der Waals surface area (Å²) in [6.45, 7) is 19.4. The maximum atomic E-state index is 16.0. The number of nitrogens with zero attached hydrogens (tertiary/aromatic N) is 1. The highest BCUT2D eigenvalue weighted by molar-refractivity contribution is 6.31. The van der Waals surface area contributed by atoms with Crippen LogP contribution in [0.3, 0.4) is 0 Å². The number of hydrogen-bond acceptors (Lipinski definition) is 14. The van der Waals surface area contributed by atoms with Gasteiger partial charge in [0.05, 0.1) is 47.8 Å². The molecule has 4 aliphatic carbocycles. The SMILES string of the molecule is COC(=O)C(C)=CCC12OC(C)(C)C3CC(C1=O)C1C4=C(N=C5c6ccccc6C(=O)C51)c1c(O[C@@H]5O[C@@H]6COC(C)(C)O[C@H]6[C@H](O)[C@H]5O)c5c(c(CC=C(C)C)c1OC432)OC(C)(CCC=C(C)C)C=C5. The van der Waals surface area contributed by atoms with Gasteiger partial charge in [0.2, 0.25) is 6.29 Å². The van der Waals surface area contributed by atoms with Crippen LogP contribution in [-0.4, -0.2) is 106 Å². The number of aliphatic hydroxyl groups is 2. The first-order valence-corrected chi connectivity index (χ1v) is 25.1. The lowest BCUT2D eigenvalue weighted by Crippen LogP contribution is -2.75. The number of aliphatic hydroxyl groups excluding tert-OH is 2. The number of Topliss-reactive ketones (excluding diaryl/α,β-unsaturated/α-hetero) is 2. The van der Waals surface area contributed by atoms with Crippen molar-refractivity contribution in [1.29, 1.82) is 0 Å². The normalized spacial score (nSPS) is 35.9. The Kier molecular flexibility index (Phi) is 11.1. The van der Waals surface area contributed by atoms with Gasteiger partial charge >= 0.3 is 5.97 Å². The largest absolute Gasteiger partial charge is 0.482 e. The van der Waals surface area contributed by atoms with E-state index in [0.29, 0.717) is 81.1 Å². The summed E-state index contributed by atoms with van der Waals surface area (Å²) in [5.74, 6) is -3.42. The van der Waals surface area contributed by atoms with Crippen molar-refractivity contribution in [2.75, 3.05) is 13.7 Å². The number of carbonyl (C=O) groups excluding carboxylic acids is 3. The van der Waals surface area contributed by atoms with Crippen molar-refractivity contribution in [3.8, 4) is 17.2 Å². The number of ether oxygens (including phenoxy) is 8. The molecule has 376 valence electrons. The van der Waals surface area contributed by atoms with E-state index in [-0.39, 0.29) is 30.3 Å². The number of methoxy groups -OCH3 is 1. The highest BCUT2D eigenvalue weighted by Crippen LogP contribution is 2.75. The number of allylic oxidation sites excluding steroid dienone is 4. The van der Waals surface area contributed by atoms with Gasteiger partial charge in [-0.05, 0) is 107 Å². The molecule has 3 saturated carbocycles. The average molecular weight is 972 g/mol. The van der Waals surface area contributed by atoms with E-state index in [4.69, 9.17) is 42.9 Å². The highest BCUT2D eigenvalue weighted by Gasteiger charge is 2.84. The number of benzene rings is 2. The molecule has 2 aromatic rings. The Morgan fingerprint density at radius 1 is 0.930 bits per heavy atom. The van der Waals surface area contributed by atoms with E-state index in [1.165, 1.54) is 12.7 Å². The van der Waals surface area contributed by atoms with Gasteiger partial charge in [0, 0.05) is 52.0 Å². The maximum Gasteiger partial charge on any atom is 0.333 e. The van der Waals surface area contributed by atoms with Crippen molar-refractivity contribution >= 4 is 35.0 Å². The Morgan fingerprint density at radius 2 is 1.66 bits per heavy atom. The van der Waals surface area contributed by atoms with Crippen LogP contribution in [0.25, 0.3) is 11.8 Å². The van der Waals surface area contributed by atoms with Crippen LogP contribution in [0.2, 0.25) is 0 Å². The minimum Gasteiger partial charge on any atom is -0.482 e. The molecule has 4 bridgehead atoms. The number of ketones is 2. The summed E-state index contributed by atoms with van der Waals surface area (Å²) in [6, 6.07) is 7.45. The fourth-order valence-electron chi connectivity index (χ4n) is 13.3. The molecule has 6 fully saturated rings. The first kappa shape index (κ1) is 48.1. The van der Waals surface area contributed by atoms with Crippen molar-refractivity contribution in [2.24, 2.45) is 28.7 Å². The molecule has 14 nitrogen and oxygen atoms in total. The Hall–Kier alpha value is -5.22. The lowest BCUT2D eigenvalue weighted by molar-refractivity contribution is -0.373. The maximum absolute atomic E-state index is 16.0. The topological polar surface area (TPSA) is 178 Å². The molecule has 7 unspecified atom stereocenters. The Balaban J connectivity index is 1.22. The quantitative estimate of drug-likeness (QED) is 0.133. The van der Waals surface area contributed by atoms with E-state index in [0.717, 1.165) is 12.0 Å². The monoisotopic (exact) mass is 971 g/mol. The predicted molar refractivity (Wildman–Crippen MR) is 262 cm³/mol. The summed E-state index contributed by atoms with van der Waals surface area (Å²) >= 11 is 0. The molecule has 2 aromatic carbocycles. The summed E-state index contributed by atoms with van der Waals surface area (Å²) in [5, 5.41) is 23.8. The minimum atomic E-state index is -1.68. The Bertz CT molecular complexity index is 2870. The van der Waals surface area contributed by atoms with Gasteiger partial charge in [-0.2, -0.15) is 0 Å². The smallest absolute Gasteiger partial charge is 0.333 e. The second-order valence-corrected chi connectivity index (χ2v) is 22.6. The van der Waals surface area contributed by atoms with Gasteiger partial charge in [-0.25, -0.2) is 4.79 Å². The van der Waals surface area contributed by atoms with E-state index >= 15 is 4.79 Å². The number of hydrogen-bond donors (Lipinski definition) is 2. The molecule has 10 aliphatic rings. The first-order chi connectivity index (χ1) is 33.6. The van der Waals surface area contributed by atoms with Crippen molar-refractivity contribution in [3.05, 3.63) is 98.7 Å². The van der Waals surface area contributed by atoms with Gasteiger partial charge in [0.25, 0.3) is 0 Å². The van der Waals surface area contributed by atoms with Gasteiger partial charge in [-0.15, -0.1) is 0 Å². The van der Waals surface area contributed by atoms with Crippen LogP contribution in [0.5, 0.6) is 17.2 Å². The van der Waals surface area contributed by atoms with Gasteiger partial charge in [0.15, 0.2) is 28.6 Å². The van der Waals surface area contributed by atoms with Crippen LogP contribution in [0.4, 0.5) is 0 Å². The van der Waals surface area contributed by atoms with Gasteiger partial charge in [-0.3, -0.25) is 14.6 Å². The second-order valence-electron chi connectivity index (χ2n) is 22.6.